The third-order valence-corrected chi connectivity index (χ3v) is 4.63. The number of fused-ring (bicyclic) bond motifs is 1. The molecule has 0 saturated carbocycles. The third-order valence-electron chi connectivity index (χ3n) is 4.33. The Kier molecular flexibility index (Phi) is 5.19. The lowest BCUT2D eigenvalue weighted by Gasteiger charge is -2.25. The van der Waals surface area contributed by atoms with Gasteiger partial charge in [0.2, 0.25) is 12.5 Å². The van der Waals surface area contributed by atoms with E-state index in [4.69, 9.17) is 18.2 Å². The molecule has 1 aliphatic heterocycles. The molecule has 1 atom stereocenters. The van der Waals surface area contributed by atoms with Crippen LogP contribution in [0, 0.1) is 6.57 Å². The number of halogens is 1. The molecule has 1 unspecified atom stereocenters. The van der Waals surface area contributed by atoms with E-state index in [2.05, 4.69) is 10.2 Å². The van der Waals surface area contributed by atoms with Crippen LogP contribution >= 0.6 is 11.6 Å². The van der Waals surface area contributed by atoms with E-state index in [1.807, 2.05) is 12.1 Å². The number of carbonyl (C=O) groups excluding carboxylic acids is 2. The summed E-state index contributed by atoms with van der Waals surface area (Å²) in [6.07, 6.45) is 0. The molecule has 0 saturated heterocycles. The van der Waals surface area contributed by atoms with Gasteiger partial charge in [-0.05, 0) is 17.2 Å². The van der Waals surface area contributed by atoms with Gasteiger partial charge in [0, 0.05) is 12.6 Å². The quantitative estimate of drug-likeness (QED) is 0.556. The predicted molar refractivity (Wildman–Crippen MR) is 98.3 cm³/mol. The van der Waals surface area contributed by atoms with Crippen LogP contribution in [-0.2, 0) is 11.3 Å². The van der Waals surface area contributed by atoms with Crippen LogP contribution < -0.4 is 5.32 Å². The van der Waals surface area contributed by atoms with Gasteiger partial charge in [0.1, 0.15) is 17.5 Å². The average molecular weight is 386 g/mol. The molecular formula is C19H16ClN3O4. The normalized spacial score (nSPS) is 15.1. The summed E-state index contributed by atoms with van der Waals surface area (Å²) in [5.41, 5.74) is 1.40. The molecule has 1 heterocycles. The zero-order valence-corrected chi connectivity index (χ0v) is 14.9. The summed E-state index contributed by atoms with van der Waals surface area (Å²) in [5.74, 6) is -1.76. The minimum atomic E-state index is -0.883. The highest BCUT2D eigenvalue weighted by Crippen LogP contribution is 2.38. The van der Waals surface area contributed by atoms with E-state index in [1.54, 1.807) is 12.1 Å². The number of phenolic OH excluding ortho intramolecular Hbond substituents is 2. The molecule has 1 aliphatic rings. The van der Waals surface area contributed by atoms with Gasteiger partial charge in [0.15, 0.2) is 0 Å². The maximum absolute atomic E-state index is 13.0. The first-order chi connectivity index (χ1) is 12.9. The zero-order chi connectivity index (χ0) is 19.6. The molecule has 2 aromatic rings. The maximum Gasteiger partial charge on any atom is 0.258 e. The lowest BCUT2D eigenvalue weighted by molar-refractivity contribution is -0.125. The van der Waals surface area contributed by atoms with Crippen molar-refractivity contribution in [2.75, 3.05) is 13.1 Å². The van der Waals surface area contributed by atoms with Crippen LogP contribution in [0.15, 0.2) is 36.4 Å². The molecule has 0 aliphatic carbocycles. The van der Waals surface area contributed by atoms with Crippen LogP contribution in [-0.4, -0.2) is 40.0 Å². The summed E-state index contributed by atoms with van der Waals surface area (Å²) in [6, 6.07) is 8.47. The maximum atomic E-state index is 13.0. The lowest BCUT2D eigenvalue weighted by atomic mass is 10.0. The molecule has 8 heteroatoms. The Morgan fingerprint density at radius 2 is 2.00 bits per heavy atom. The second-order valence-electron chi connectivity index (χ2n) is 6.03. The minimum absolute atomic E-state index is 0.0779. The van der Waals surface area contributed by atoms with E-state index in [0.29, 0.717) is 5.56 Å². The number of amides is 2. The van der Waals surface area contributed by atoms with Gasteiger partial charge < -0.3 is 25.3 Å². The smallest absolute Gasteiger partial charge is 0.258 e. The monoisotopic (exact) mass is 385 g/mol. The van der Waals surface area contributed by atoms with E-state index >= 15 is 0 Å². The van der Waals surface area contributed by atoms with Crippen molar-refractivity contribution in [3.8, 4) is 11.5 Å². The van der Waals surface area contributed by atoms with Gasteiger partial charge in [-0.15, -0.1) is 0 Å². The Labute approximate surface area is 160 Å². The van der Waals surface area contributed by atoms with E-state index in [9.17, 15) is 19.8 Å². The van der Waals surface area contributed by atoms with Crippen molar-refractivity contribution < 1.29 is 19.8 Å². The van der Waals surface area contributed by atoms with Crippen molar-refractivity contribution in [2.24, 2.45) is 0 Å². The predicted octanol–water partition coefficient (Wildman–Crippen LogP) is 2.48. The summed E-state index contributed by atoms with van der Waals surface area (Å²) in [6.45, 7) is 7.31. The van der Waals surface area contributed by atoms with Crippen LogP contribution in [0.5, 0.6) is 11.5 Å². The number of carbonyl (C=O) groups is 2. The molecule has 0 radical (unpaired) electrons. The Hall–Kier alpha value is -3.24. The van der Waals surface area contributed by atoms with E-state index in [1.165, 1.54) is 11.0 Å². The molecule has 0 spiro atoms. The zero-order valence-electron chi connectivity index (χ0n) is 14.1. The standard InChI is InChI=1S/C19H16ClN3O4/c1-21-6-7-22-18(26)17-12-5-3-2-4-11(12)10-23(17)19(27)13-8-14(20)16(25)9-15(13)24/h2-5,8-9,17,24-25H,6-7,10H2,(H,22,26). The summed E-state index contributed by atoms with van der Waals surface area (Å²) < 4.78 is 0. The van der Waals surface area contributed by atoms with Crippen LogP contribution in [0.2, 0.25) is 5.02 Å². The number of hydrogen-bond donors (Lipinski definition) is 3. The number of benzene rings is 2. The Balaban J connectivity index is 1.96. The molecule has 138 valence electrons. The Bertz CT molecular complexity index is 954. The summed E-state index contributed by atoms with van der Waals surface area (Å²) in [4.78, 5) is 30.3. The first-order valence-electron chi connectivity index (χ1n) is 8.15. The number of aromatic hydroxyl groups is 2. The molecule has 3 rings (SSSR count). The number of phenols is 2. The topological polar surface area (TPSA) is 94.2 Å². The third kappa shape index (κ3) is 3.52. The van der Waals surface area contributed by atoms with Crippen molar-refractivity contribution >= 4 is 23.4 Å². The van der Waals surface area contributed by atoms with Gasteiger partial charge in [-0.25, -0.2) is 6.57 Å². The van der Waals surface area contributed by atoms with E-state index in [-0.39, 0.29) is 36.0 Å². The first kappa shape index (κ1) is 18.5. The fourth-order valence-corrected chi connectivity index (χ4v) is 3.23. The van der Waals surface area contributed by atoms with Crippen LogP contribution in [0.4, 0.5) is 0 Å². The first-order valence-corrected chi connectivity index (χ1v) is 8.53. The average Bonchev–Trinajstić information content (AvgIpc) is 3.04. The fourth-order valence-electron chi connectivity index (χ4n) is 3.07. The second kappa shape index (κ2) is 7.56. The SMILES string of the molecule is [C-]#[N+]CCNC(=O)C1c2ccccc2CN1C(=O)c1cc(Cl)c(O)cc1O. The van der Waals surface area contributed by atoms with Gasteiger partial charge in [-0.2, -0.15) is 0 Å². The molecule has 27 heavy (non-hydrogen) atoms. The van der Waals surface area contributed by atoms with Gasteiger partial charge in [-0.1, -0.05) is 35.9 Å². The Morgan fingerprint density at radius 1 is 1.26 bits per heavy atom. The highest BCUT2D eigenvalue weighted by atomic mass is 35.5. The Morgan fingerprint density at radius 3 is 2.74 bits per heavy atom. The number of nitrogens with one attached hydrogen (secondary N) is 1. The van der Waals surface area contributed by atoms with Crippen LogP contribution in [0.1, 0.15) is 27.5 Å². The molecule has 2 aromatic carbocycles. The van der Waals surface area contributed by atoms with Gasteiger partial charge >= 0.3 is 0 Å². The summed E-state index contributed by atoms with van der Waals surface area (Å²) in [7, 11) is 0. The van der Waals surface area contributed by atoms with Crippen molar-refractivity contribution in [1.82, 2.24) is 10.2 Å². The second-order valence-corrected chi connectivity index (χ2v) is 6.44. The number of rotatable bonds is 4. The van der Waals surface area contributed by atoms with Crippen molar-refractivity contribution in [3.05, 3.63) is 69.5 Å². The molecule has 2 amide bonds. The van der Waals surface area contributed by atoms with Crippen molar-refractivity contribution in [1.29, 1.82) is 0 Å². The highest BCUT2D eigenvalue weighted by molar-refractivity contribution is 6.32. The minimum Gasteiger partial charge on any atom is -0.507 e. The molecule has 3 N–H and O–H groups in total. The van der Waals surface area contributed by atoms with Gasteiger partial charge in [0.25, 0.3) is 5.91 Å². The fraction of sp³-hybridized carbons (Fsp3) is 0.211. The largest absolute Gasteiger partial charge is 0.507 e. The molecule has 0 bridgehead atoms. The number of hydrogen-bond acceptors (Lipinski definition) is 4. The van der Waals surface area contributed by atoms with E-state index in [0.717, 1.165) is 11.6 Å². The molecule has 7 nitrogen and oxygen atoms in total. The van der Waals surface area contributed by atoms with E-state index < -0.39 is 23.6 Å². The van der Waals surface area contributed by atoms with Crippen LogP contribution in [0.3, 0.4) is 0 Å². The van der Waals surface area contributed by atoms with Crippen LogP contribution in [0.25, 0.3) is 4.85 Å². The highest BCUT2D eigenvalue weighted by Gasteiger charge is 2.39. The van der Waals surface area contributed by atoms with Crippen molar-refractivity contribution in [2.45, 2.75) is 12.6 Å². The number of nitrogens with zero attached hydrogens (tertiary/aromatic N) is 2. The molecule has 0 aromatic heterocycles. The molecule has 0 fully saturated rings. The lowest BCUT2D eigenvalue weighted by Crippen LogP contribution is -2.40. The summed E-state index contributed by atoms with van der Waals surface area (Å²) in [5, 5.41) is 22.2. The van der Waals surface area contributed by atoms with Gasteiger partial charge in [0.05, 0.1) is 17.1 Å². The molecular weight excluding hydrogens is 370 g/mol. The summed E-state index contributed by atoms with van der Waals surface area (Å²) >= 11 is 5.87. The van der Waals surface area contributed by atoms with Crippen molar-refractivity contribution in [3.63, 3.8) is 0 Å². The van der Waals surface area contributed by atoms with Gasteiger partial charge in [-0.3, -0.25) is 9.59 Å².